The van der Waals surface area contributed by atoms with E-state index in [-0.39, 0.29) is 6.04 Å². The van der Waals surface area contributed by atoms with Crippen LogP contribution in [0.1, 0.15) is 13.8 Å². The van der Waals surface area contributed by atoms with Crippen molar-refractivity contribution in [2.45, 2.75) is 19.9 Å². The Morgan fingerprint density at radius 2 is 2.00 bits per heavy atom. The monoisotopic (exact) mass is 238 g/mol. The van der Waals surface area contributed by atoms with Gasteiger partial charge in [-0.15, -0.1) is 0 Å². The van der Waals surface area contributed by atoms with Gasteiger partial charge in [0.1, 0.15) is 11.5 Å². The molecule has 0 bridgehead atoms. The summed E-state index contributed by atoms with van der Waals surface area (Å²) in [6.45, 7) is 5.72. The number of benzene rings is 1. The van der Waals surface area contributed by atoms with E-state index in [9.17, 15) is 0 Å². The Balaban J connectivity index is 3.10. The number of methoxy groups -OCH3 is 2. The highest BCUT2D eigenvalue weighted by Crippen LogP contribution is 2.32. The SMILES string of the molecule is CCN(c1ccc(OC)cc1OC)C(C)CN. The summed E-state index contributed by atoms with van der Waals surface area (Å²) in [6, 6.07) is 6.11. The topological polar surface area (TPSA) is 47.7 Å². The normalized spacial score (nSPS) is 12.1. The highest BCUT2D eigenvalue weighted by atomic mass is 16.5. The molecule has 0 heterocycles. The van der Waals surface area contributed by atoms with Crippen molar-refractivity contribution in [1.29, 1.82) is 0 Å². The van der Waals surface area contributed by atoms with Crippen LogP contribution in [0.15, 0.2) is 18.2 Å². The van der Waals surface area contributed by atoms with Gasteiger partial charge in [0.15, 0.2) is 0 Å². The second-order valence-corrected chi connectivity index (χ2v) is 3.91. The molecule has 1 unspecified atom stereocenters. The van der Waals surface area contributed by atoms with Gasteiger partial charge in [-0.25, -0.2) is 0 Å². The fourth-order valence-corrected chi connectivity index (χ4v) is 1.87. The minimum atomic E-state index is 0.280. The molecule has 0 radical (unpaired) electrons. The van der Waals surface area contributed by atoms with Crippen molar-refractivity contribution in [3.63, 3.8) is 0 Å². The number of nitrogens with zero attached hydrogens (tertiary/aromatic N) is 1. The van der Waals surface area contributed by atoms with Crippen LogP contribution >= 0.6 is 0 Å². The van der Waals surface area contributed by atoms with Crippen LogP contribution in [0.3, 0.4) is 0 Å². The van der Waals surface area contributed by atoms with Crippen LogP contribution in [-0.4, -0.2) is 33.4 Å². The third kappa shape index (κ3) is 3.03. The predicted molar refractivity (Wildman–Crippen MR) is 71.1 cm³/mol. The summed E-state index contributed by atoms with van der Waals surface area (Å²) in [7, 11) is 3.31. The van der Waals surface area contributed by atoms with Crippen molar-refractivity contribution in [2.75, 3.05) is 32.2 Å². The molecule has 0 spiro atoms. The molecule has 4 heteroatoms. The lowest BCUT2D eigenvalue weighted by atomic mass is 10.2. The first-order valence-corrected chi connectivity index (χ1v) is 5.86. The zero-order chi connectivity index (χ0) is 12.8. The van der Waals surface area contributed by atoms with Gasteiger partial charge in [0.25, 0.3) is 0 Å². The van der Waals surface area contributed by atoms with Crippen LogP contribution in [0.25, 0.3) is 0 Å². The molecule has 0 saturated heterocycles. The number of rotatable bonds is 6. The average molecular weight is 238 g/mol. The van der Waals surface area contributed by atoms with Crippen LogP contribution in [0.5, 0.6) is 11.5 Å². The van der Waals surface area contributed by atoms with Crippen LogP contribution in [0.2, 0.25) is 0 Å². The summed E-state index contributed by atoms with van der Waals surface area (Å²) in [5.74, 6) is 1.61. The Hall–Kier alpha value is -1.42. The standard InChI is InChI=1S/C13H22N2O2/c1-5-15(10(2)9-14)12-7-6-11(16-3)8-13(12)17-4/h6-8,10H,5,9,14H2,1-4H3. The van der Waals surface area contributed by atoms with E-state index in [1.165, 1.54) is 0 Å². The maximum absolute atomic E-state index is 5.73. The van der Waals surface area contributed by atoms with Gasteiger partial charge < -0.3 is 20.1 Å². The number of hydrogen-bond acceptors (Lipinski definition) is 4. The lowest BCUT2D eigenvalue weighted by Crippen LogP contribution is -2.38. The third-order valence-electron chi connectivity index (χ3n) is 2.91. The zero-order valence-electron chi connectivity index (χ0n) is 11.1. The molecule has 1 atom stereocenters. The van der Waals surface area contributed by atoms with Gasteiger partial charge in [-0.3, -0.25) is 0 Å². The Morgan fingerprint density at radius 3 is 2.47 bits per heavy atom. The molecule has 96 valence electrons. The summed E-state index contributed by atoms with van der Waals surface area (Å²) in [5.41, 5.74) is 6.78. The number of likely N-dealkylation sites (N-methyl/N-ethyl adjacent to an activating group) is 1. The summed E-state index contributed by atoms with van der Waals surface area (Å²) in [5, 5.41) is 0. The van der Waals surface area contributed by atoms with E-state index < -0.39 is 0 Å². The highest BCUT2D eigenvalue weighted by molar-refractivity contribution is 5.61. The van der Waals surface area contributed by atoms with Crippen molar-refractivity contribution >= 4 is 5.69 Å². The number of anilines is 1. The molecular weight excluding hydrogens is 216 g/mol. The molecule has 0 fully saturated rings. The summed E-state index contributed by atoms with van der Waals surface area (Å²) in [4.78, 5) is 2.22. The quantitative estimate of drug-likeness (QED) is 0.822. The van der Waals surface area contributed by atoms with Gasteiger partial charge >= 0.3 is 0 Å². The first-order chi connectivity index (χ1) is 8.17. The first-order valence-electron chi connectivity index (χ1n) is 5.86. The molecule has 0 aromatic heterocycles. The molecule has 1 aromatic carbocycles. The highest BCUT2D eigenvalue weighted by Gasteiger charge is 2.16. The van der Waals surface area contributed by atoms with E-state index in [4.69, 9.17) is 15.2 Å². The number of hydrogen-bond donors (Lipinski definition) is 1. The lowest BCUT2D eigenvalue weighted by molar-refractivity contribution is 0.393. The molecule has 0 aliphatic heterocycles. The van der Waals surface area contributed by atoms with Crippen LogP contribution in [0, 0.1) is 0 Å². The van der Waals surface area contributed by atoms with Crippen molar-refractivity contribution in [2.24, 2.45) is 5.73 Å². The van der Waals surface area contributed by atoms with Gasteiger partial charge in [-0.2, -0.15) is 0 Å². The van der Waals surface area contributed by atoms with Crippen LogP contribution in [-0.2, 0) is 0 Å². The molecule has 0 aliphatic rings. The molecule has 4 nitrogen and oxygen atoms in total. The molecule has 0 saturated carbocycles. The fourth-order valence-electron chi connectivity index (χ4n) is 1.87. The molecular formula is C13H22N2O2. The largest absolute Gasteiger partial charge is 0.497 e. The van der Waals surface area contributed by atoms with Crippen molar-refractivity contribution in [1.82, 2.24) is 0 Å². The van der Waals surface area contributed by atoms with Gasteiger partial charge in [-0.1, -0.05) is 0 Å². The van der Waals surface area contributed by atoms with Crippen LogP contribution < -0.4 is 20.1 Å². The van der Waals surface area contributed by atoms with Gasteiger partial charge in [0, 0.05) is 25.2 Å². The van der Waals surface area contributed by atoms with E-state index >= 15 is 0 Å². The molecule has 0 amide bonds. The minimum Gasteiger partial charge on any atom is -0.497 e. The van der Waals surface area contributed by atoms with Crippen molar-refractivity contribution in [3.05, 3.63) is 18.2 Å². The predicted octanol–water partition coefficient (Wildman–Crippen LogP) is 1.88. The maximum atomic E-state index is 5.73. The number of nitrogens with two attached hydrogens (primary N) is 1. The fraction of sp³-hybridized carbons (Fsp3) is 0.538. The third-order valence-corrected chi connectivity index (χ3v) is 2.91. The zero-order valence-corrected chi connectivity index (χ0v) is 11.1. The Bertz CT molecular complexity index is 355. The van der Waals surface area contributed by atoms with E-state index in [1.807, 2.05) is 18.2 Å². The Morgan fingerprint density at radius 1 is 1.29 bits per heavy atom. The molecule has 2 N–H and O–H groups in total. The molecule has 0 aliphatic carbocycles. The van der Waals surface area contributed by atoms with Gasteiger partial charge in [0.2, 0.25) is 0 Å². The second kappa shape index (κ2) is 6.35. The maximum Gasteiger partial charge on any atom is 0.145 e. The van der Waals surface area contributed by atoms with E-state index in [0.717, 1.165) is 23.7 Å². The van der Waals surface area contributed by atoms with Crippen molar-refractivity contribution < 1.29 is 9.47 Å². The first kappa shape index (κ1) is 13.6. The van der Waals surface area contributed by atoms with Crippen molar-refractivity contribution in [3.8, 4) is 11.5 Å². The smallest absolute Gasteiger partial charge is 0.145 e. The summed E-state index contributed by atoms with van der Waals surface area (Å²) < 4.78 is 10.6. The number of ether oxygens (including phenoxy) is 2. The summed E-state index contributed by atoms with van der Waals surface area (Å²) >= 11 is 0. The van der Waals surface area contributed by atoms with Gasteiger partial charge in [-0.05, 0) is 26.0 Å². The molecule has 17 heavy (non-hydrogen) atoms. The summed E-state index contributed by atoms with van der Waals surface area (Å²) in [6.07, 6.45) is 0. The minimum absolute atomic E-state index is 0.280. The van der Waals surface area contributed by atoms with Crippen LogP contribution in [0.4, 0.5) is 5.69 Å². The Kier molecular flexibility index (Phi) is 5.10. The Labute approximate surface area is 103 Å². The van der Waals surface area contributed by atoms with E-state index in [0.29, 0.717) is 6.54 Å². The molecule has 1 rings (SSSR count). The second-order valence-electron chi connectivity index (χ2n) is 3.91. The average Bonchev–Trinajstić information content (AvgIpc) is 2.39. The van der Waals surface area contributed by atoms with E-state index in [1.54, 1.807) is 14.2 Å². The molecule has 1 aromatic rings. The van der Waals surface area contributed by atoms with Gasteiger partial charge in [0.05, 0.1) is 19.9 Å². The van der Waals surface area contributed by atoms with E-state index in [2.05, 4.69) is 18.7 Å². The lowest BCUT2D eigenvalue weighted by Gasteiger charge is -2.30.